The maximum Gasteiger partial charge on any atom is 0.407 e. The Morgan fingerprint density at radius 2 is 1.96 bits per heavy atom. The van der Waals surface area contributed by atoms with E-state index in [-0.39, 0.29) is 18.5 Å². The van der Waals surface area contributed by atoms with Gasteiger partial charge >= 0.3 is 6.09 Å². The number of azide groups is 1. The zero-order valence-corrected chi connectivity index (χ0v) is 13.7. The van der Waals surface area contributed by atoms with Crippen molar-refractivity contribution in [3.05, 3.63) is 45.8 Å². The van der Waals surface area contributed by atoms with E-state index >= 15 is 0 Å². The van der Waals surface area contributed by atoms with Gasteiger partial charge in [-0.1, -0.05) is 5.11 Å². The normalized spacial score (nSPS) is 13.6. The first-order valence-corrected chi connectivity index (χ1v) is 7.24. The Labute approximate surface area is 138 Å². The molecule has 1 aromatic rings. The third-order valence-electron chi connectivity index (χ3n) is 2.88. The van der Waals surface area contributed by atoms with E-state index in [0.29, 0.717) is 0 Å². The van der Waals surface area contributed by atoms with Crippen LogP contribution in [-0.2, 0) is 11.2 Å². The first-order valence-electron chi connectivity index (χ1n) is 7.24. The lowest BCUT2D eigenvalue weighted by atomic mass is 10.0. The van der Waals surface area contributed by atoms with Crippen LogP contribution in [0.2, 0.25) is 0 Å². The van der Waals surface area contributed by atoms with Gasteiger partial charge in [-0.05, 0) is 50.4 Å². The molecule has 1 rings (SSSR count). The Balaban J connectivity index is 2.91. The fourth-order valence-electron chi connectivity index (χ4n) is 1.97. The van der Waals surface area contributed by atoms with Gasteiger partial charge in [-0.3, -0.25) is 0 Å². The monoisotopic (exact) mass is 342 g/mol. The van der Waals surface area contributed by atoms with Crippen LogP contribution in [0.4, 0.5) is 13.6 Å². The maximum absolute atomic E-state index is 13.3. The van der Waals surface area contributed by atoms with Crippen molar-refractivity contribution < 1.29 is 23.4 Å². The minimum absolute atomic E-state index is 0.0734. The van der Waals surface area contributed by atoms with Gasteiger partial charge in [-0.2, -0.15) is 0 Å². The van der Waals surface area contributed by atoms with E-state index in [2.05, 4.69) is 15.3 Å². The van der Waals surface area contributed by atoms with Crippen LogP contribution in [0.5, 0.6) is 0 Å². The lowest BCUT2D eigenvalue weighted by Crippen LogP contribution is -2.47. The molecule has 0 aliphatic rings. The van der Waals surface area contributed by atoms with Crippen LogP contribution in [-0.4, -0.2) is 35.5 Å². The predicted molar refractivity (Wildman–Crippen MR) is 83.2 cm³/mol. The number of hydrogen-bond donors (Lipinski definition) is 2. The molecule has 0 saturated heterocycles. The summed E-state index contributed by atoms with van der Waals surface area (Å²) >= 11 is 0. The van der Waals surface area contributed by atoms with Gasteiger partial charge in [0.2, 0.25) is 0 Å². The highest BCUT2D eigenvalue weighted by molar-refractivity contribution is 5.68. The average Bonchev–Trinajstić information content (AvgIpc) is 2.40. The number of carbonyl (C=O) groups is 1. The van der Waals surface area contributed by atoms with E-state index in [9.17, 15) is 18.7 Å². The van der Waals surface area contributed by atoms with Gasteiger partial charge in [0.25, 0.3) is 0 Å². The van der Waals surface area contributed by atoms with Crippen LogP contribution in [0.15, 0.2) is 23.3 Å². The van der Waals surface area contributed by atoms with Crippen LogP contribution in [0, 0.1) is 11.6 Å². The van der Waals surface area contributed by atoms with E-state index in [1.165, 1.54) is 0 Å². The number of alkyl carbamates (subject to hydrolysis) is 1. The molecule has 7 nitrogen and oxygen atoms in total. The summed E-state index contributed by atoms with van der Waals surface area (Å²) in [6.07, 6.45) is -2.13. The third-order valence-corrected chi connectivity index (χ3v) is 2.88. The maximum atomic E-state index is 13.3. The highest BCUT2D eigenvalue weighted by Gasteiger charge is 2.25. The first-order chi connectivity index (χ1) is 11.1. The van der Waals surface area contributed by atoms with Crippen LogP contribution < -0.4 is 5.32 Å². The lowest BCUT2D eigenvalue weighted by molar-refractivity contribution is 0.0430. The fraction of sp³-hybridized carbons (Fsp3) is 0.533. The second-order valence-electron chi connectivity index (χ2n) is 6.22. The number of halogens is 2. The van der Waals surface area contributed by atoms with Gasteiger partial charge in [-0.15, -0.1) is 0 Å². The second kappa shape index (κ2) is 8.47. The lowest BCUT2D eigenvalue weighted by Gasteiger charge is -2.26. The van der Waals surface area contributed by atoms with E-state index in [0.717, 1.165) is 18.2 Å². The molecule has 0 fully saturated rings. The largest absolute Gasteiger partial charge is 0.444 e. The van der Waals surface area contributed by atoms with Gasteiger partial charge in [0.1, 0.15) is 17.2 Å². The molecule has 0 bridgehead atoms. The number of hydrogen-bond acceptors (Lipinski definition) is 4. The van der Waals surface area contributed by atoms with Gasteiger partial charge in [0, 0.05) is 11.0 Å². The Morgan fingerprint density at radius 3 is 2.46 bits per heavy atom. The Kier molecular flexibility index (Phi) is 6.94. The van der Waals surface area contributed by atoms with Gasteiger partial charge in [-0.25, -0.2) is 13.6 Å². The van der Waals surface area contributed by atoms with Crippen molar-refractivity contribution in [2.75, 3.05) is 6.54 Å². The molecule has 9 heteroatoms. The molecule has 132 valence electrons. The van der Waals surface area contributed by atoms with Crippen LogP contribution in [0.3, 0.4) is 0 Å². The molecule has 0 spiro atoms. The number of amides is 1. The van der Waals surface area contributed by atoms with Crippen molar-refractivity contribution >= 4 is 6.09 Å². The summed E-state index contributed by atoms with van der Waals surface area (Å²) in [6, 6.07) is 1.95. The number of nitrogens with one attached hydrogen (secondary N) is 1. The quantitative estimate of drug-likeness (QED) is 0.471. The molecule has 2 N–H and O–H groups in total. The minimum atomic E-state index is -1.25. The molecule has 0 radical (unpaired) electrons. The highest BCUT2D eigenvalue weighted by atomic mass is 19.1. The van der Waals surface area contributed by atoms with Gasteiger partial charge in [0.15, 0.2) is 0 Å². The van der Waals surface area contributed by atoms with E-state index in [1.54, 1.807) is 20.8 Å². The molecule has 24 heavy (non-hydrogen) atoms. The summed E-state index contributed by atoms with van der Waals surface area (Å²) in [5, 5.41) is 15.7. The zero-order chi connectivity index (χ0) is 18.3. The third kappa shape index (κ3) is 7.26. The molecule has 0 aliphatic heterocycles. The molecule has 0 unspecified atom stereocenters. The Morgan fingerprint density at radius 1 is 1.38 bits per heavy atom. The summed E-state index contributed by atoms with van der Waals surface area (Å²) in [4.78, 5) is 14.4. The number of aliphatic hydroxyl groups is 1. The Hall–Kier alpha value is -2.38. The highest BCUT2D eigenvalue weighted by Crippen LogP contribution is 2.13. The molecule has 0 aromatic heterocycles. The number of nitrogens with zero attached hydrogens (tertiary/aromatic N) is 3. The number of ether oxygens (including phenoxy) is 1. The molecule has 1 aromatic carbocycles. The molecular formula is C15H20F2N4O3. The number of benzene rings is 1. The summed E-state index contributed by atoms with van der Waals surface area (Å²) in [7, 11) is 0. The summed E-state index contributed by atoms with van der Waals surface area (Å²) in [5.41, 5.74) is 7.81. The standard InChI is InChI=1S/C15H20F2N4O3/c1-15(2,3)24-14(23)20-12(13(22)8-19-21-18)6-9-4-10(16)7-11(17)5-9/h4-5,7,12-13,22H,6,8H2,1-3H3,(H,20,23)/t12-,13+/m0/s1. The van der Waals surface area contributed by atoms with Crippen LogP contribution in [0.1, 0.15) is 26.3 Å². The van der Waals surface area contributed by atoms with Crippen molar-refractivity contribution in [2.24, 2.45) is 5.11 Å². The van der Waals surface area contributed by atoms with Gasteiger partial charge in [0.05, 0.1) is 18.7 Å². The van der Waals surface area contributed by atoms with E-state index in [4.69, 9.17) is 10.3 Å². The first kappa shape index (κ1) is 19.7. The van der Waals surface area contributed by atoms with Crippen molar-refractivity contribution in [3.63, 3.8) is 0 Å². The van der Waals surface area contributed by atoms with Crippen molar-refractivity contribution in [2.45, 2.75) is 44.9 Å². The van der Waals surface area contributed by atoms with Crippen molar-refractivity contribution in [1.29, 1.82) is 0 Å². The van der Waals surface area contributed by atoms with Crippen LogP contribution >= 0.6 is 0 Å². The topological polar surface area (TPSA) is 107 Å². The molecule has 1 amide bonds. The fourth-order valence-corrected chi connectivity index (χ4v) is 1.97. The minimum Gasteiger partial charge on any atom is -0.444 e. The van der Waals surface area contributed by atoms with Crippen LogP contribution in [0.25, 0.3) is 10.4 Å². The predicted octanol–water partition coefficient (Wildman–Crippen LogP) is 3.07. The molecule has 2 atom stereocenters. The van der Waals surface area contributed by atoms with E-state index in [1.807, 2.05) is 0 Å². The van der Waals surface area contributed by atoms with Crippen molar-refractivity contribution in [1.82, 2.24) is 5.32 Å². The molecule has 0 saturated carbocycles. The zero-order valence-electron chi connectivity index (χ0n) is 13.7. The summed E-state index contributed by atoms with van der Waals surface area (Å²) < 4.78 is 31.7. The molecule has 0 heterocycles. The molecular weight excluding hydrogens is 322 g/mol. The van der Waals surface area contributed by atoms with Crippen molar-refractivity contribution in [3.8, 4) is 0 Å². The number of aliphatic hydroxyl groups excluding tert-OH is 1. The second-order valence-corrected chi connectivity index (χ2v) is 6.22. The number of carbonyl (C=O) groups excluding carboxylic acids is 1. The summed E-state index contributed by atoms with van der Waals surface area (Å²) in [6.45, 7) is 4.69. The summed E-state index contributed by atoms with van der Waals surface area (Å²) in [5.74, 6) is -1.55. The smallest absolute Gasteiger partial charge is 0.407 e. The molecule has 0 aliphatic carbocycles. The average molecular weight is 342 g/mol. The van der Waals surface area contributed by atoms with Gasteiger partial charge < -0.3 is 15.2 Å². The van der Waals surface area contributed by atoms with E-state index < -0.39 is 35.5 Å². The Bertz CT molecular complexity index is 607. The number of rotatable bonds is 6. The SMILES string of the molecule is CC(C)(C)OC(=O)N[C@@H](Cc1cc(F)cc(F)c1)[C@H](O)CN=[N+]=[N-].